The van der Waals surface area contributed by atoms with Crippen LogP contribution in [0.4, 0.5) is 28.9 Å². The van der Waals surface area contributed by atoms with E-state index in [1.54, 1.807) is 30.3 Å². The first kappa shape index (κ1) is 35.4. The Hall–Kier alpha value is -6.06. The molecule has 47 heavy (non-hydrogen) atoms. The molecule has 0 fully saturated rings. The Labute approximate surface area is 264 Å². The van der Waals surface area contributed by atoms with Crippen molar-refractivity contribution in [3.8, 4) is 34.5 Å². The molecule has 248 valence electrons. The molecule has 0 bridgehead atoms. The lowest BCUT2D eigenvalue weighted by Crippen LogP contribution is -2.42. The van der Waals surface area contributed by atoms with Crippen molar-refractivity contribution in [1.29, 1.82) is 0 Å². The molecule has 0 radical (unpaired) electrons. The summed E-state index contributed by atoms with van der Waals surface area (Å²) in [5.74, 6) is -3.49. The Bertz CT molecular complexity index is 1670. The van der Waals surface area contributed by atoms with E-state index in [0.717, 1.165) is 7.05 Å². The van der Waals surface area contributed by atoms with Crippen molar-refractivity contribution in [2.45, 2.75) is 19.1 Å². The molecule has 0 aromatic heterocycles. The van der Waals surface area contributed by atoms with E-state index in [-0.39, 0.29) is 41.0 Å². The minimum Gasteiger partial charge on any atom is -0.459 e. The Morgan fingerprint density at radius 1 is 0.745 bits per heavy atom. The number of nitrogen functional groups attached to an aromatic ring is 1. The number of amides is 1. The maximum atomic E-state index is 13.7. The minimum atomic E-state index is -4.19. The van der Waals surface area contributed by atoms with E-state index in [0.29, 0.717) is 11.4 Å². The van der Waals surface area contributed by atoms with E-state index < -0.39 is 29.0 Å². The second kappa shape index (κ2) is 15.8. The molecule has 0 heterocycles. The molecular weight excluding hydrogens is 634 g/mol. The number of halogens is 4. The number of carbonyl (C=O) groups excluding carboxylic acids is 2. The second-order valence-corrected chi connectivity index (χ2v) is 8.95. The van der Waals surface area contributed by atoms with Crippen molar-refractivity contribution in [3.05, 3.63) is 107 Å². The van der Waals surface area contributed by atoms with E-state index in [1.807, 2.05) is 5.32 Å². The first-order valence-electron chi connectivity index (χ1n) is 13.4. The van der Waals surface area contributed by atoms with Crippen LogP contribution in [-0.4, -0.2) is 42.7 Å². The molecule has 0 aliphatic carbocycles. The third-order valence-corrected chi connectivity index (χ3v) is 5.56. The van der Waals surface area contributed by atoms with Gasteiger partial charge in [0.15, 0.2) is 23.0 Å². The lowest BCUT2D eigenvalue weighted by atomic mass is 10.3. The van der Waals surface area contributed by atoms with Gasteiger partial charge in [-0.15, -0.1) is 0 Å². The SMILES string of the molecule is CCOC(=O)C(F)(F)Oc1ccccc1Oc1ccc([N+](=O)[O-])cc1.CNC(=O)C(F)(F)Oc1ccccc1Oc1ccc(N)cc1. The summed E-state index contributed by atoms with van der Waals surface area (Å²) < 4.78 is 78.6. The number of ether oxygens (including phenoxy) is 5. The molecule has 1 amide bonds. The highest BCUT2D eigenvalue weighted by atomic mass is 19.3. The predicted molar refractivity (Wildman–Crippen MR) is 159 cm³/mol. The van der Waals surface area contributed by atoms with Crippen LogP contribution in [0.15, 0.2) is 97.1 Å². The third kappa shape index (κ3) is 10.2. The van der Waals surface area contributed by atoms with Gasteiger partial charge >= 0.3 is 24.1 Å². The van der Waals surface area contributed by atoms with Gasteiger partial charge in [0.05, 0.1) is 11.5 Å². The Morgan fingerprint density at radius 3 is 1.60 bits per heavy atom. The minimum absolute atomic E-state index is 0.0517. The number of hydrogen-bond acceptors (Lipinski definition) is 10. The summed E-state index contributed by atoms with van der Waals surface area (Å²) in [5, 5.41) is 12.4. The number of nitro groups is 1. The topological polar surface area (TPSA) is 161 Å². The average Bonchev–Trinajstić information content (AvgIpc) is 3.04. The number of benzene rings is 4. The predicted octanol–water partition coefficient (Wildman–Crippen LogP) is 6.70. The van der Waals surface area contributed by atoms with Gasteiger partial charge in [0.2, 0.25) is 0 Å². The molecule has 0 unspecified atom stereocenters. The Kier molecular flexibility index (Phi) is 11.9. The molecule has 12 nitrogen and oxygen atoms in total. The highest BCUT2D eigenvalue weighted by Crippen LogP contribution is 2.36. The zero-order valence-corrected chi connectivity index (χ0v) is 24.7. The van der Waals surface area contributed by atoms with Crippen LogP contribution in [-0.2, 0) is 14.3 Å². The summed E-state index contributed by atoms with van der Waals surface area (Å²) in [6.45, 7) is 1.17. The Balaban J connectivity index is 0.000000257. The van der Waals surface area contributed by atoms with Gasteiger partial charge in [-0.2, -0.15) is 17.6 Å². The summed E-state index contributed by atoms with van der Waals surface area (Å²) in [7, 11) is 1.09. The highest BCUT2D eigenvalue weighted by molar-refractivity contribution is 5.82. The van der Waals surface area contributed by atoms with Gasteiger partial charge < -0.3 is 34.7 Å². The van der Waals surface area contributed by atoms with E-state index in [1.165, 1.54) is 73.7 Å². The lowest BCUT2D eigenvalue weighted by Gasteiger charge is -2.18. The van der Waals surface area contributed by atoms with Crippen LogP contribution < -0.4 is 30.0 Å². The molecular formula is C31H27F4N3O9. The molecule has 0 aliphatic rings. The fourth-order valence-corrected chi connectivity index (χ4v) is 3.39. The number of nitro benzene ring substituents is 1. The van der Waals surface area contributed by atoms with E-state index >= 15 is 0 Å². The zero-order chi connectivity index (χ0) is 34.6. The number of nitrogens with two attached hydrogens (primary N) is 1. The summed E-state index contributed by atoms with van der Waals surface area (Å²) in [4.78, 5) is 32.4. The lowest BCUT2D eigenvalue weighted by molar-refractivity contribution is -0.384. The zero-order valence-electron chi connectivity index (χ0n) is 24.7. The van der Waals surface area contributed by atoms with Crippen molar-refractivity contribution in [3.63, 3.8) is 0 Å². The van der Waals surface area contributed by atoms with E-state index in [4.69, 9.17) is 15.2 Å². The number of carbonyl (C=O) groups is 2. The molecule has 0 aliphatic heterocycles. The average molecular weight is 662 g/mol. The molecule has 0 atom stereocenters. The van der Waals surface area contributed by atoms with Crippen molar-refractivity contribution in [1.82, 2.24) is 5.32 Å². The summed E-state index contributed by atoms with van der Waals surface area (Å²) in [5.41, 5.74) is 5.95. The van der Waals surface area contributed by atoms with Gasteiger partial charge in [0, 0.05) is 24.9 Å². The molecule has 0 saturated heterocycles. The number of likely N-dealkylation sites (N-methyl/N-ethyl adjacent to an activating group) is 1. The first-order chi connectivity index (χ1) is 22.3. The molecule has 3 N–H and O–H groups in total. The summed E-state index contributed by atoms with van der Waals surface area (Å²) >= 11 is 0. The summed E-state index contributed by atoms with van der Waals surface area (Å²) in [6, 6.07) is 22.7. The number of alkyl halides is 4. The summed E-state index contributed by atoms with van der Waals surface area (Å²) in [6.07, 6.45) is -8.19. The van der Waals surface area contributed by atoms with E-state index in [9.17, 15) is 37.3 Å². The second-order valence-electron chi connectivity index (χ2n) is 8.95. The molecule has 4 rings (SSSR count). The first-order valence-corrected chi connectivity index (χ1v) is 13.4. The van der Waals surface area contributed by atoms with Gasteiger partial charge in [-0.1, -0.05) is 24.3 Å². The molecule has 16 heteroatoms. The van der Waals surface area contributed by atoms with Gasteiger partial charge in [0.25, 0.3) is 5.69 Å². The number of anilines is 1. The van der Waals surface area contributed by atoms with Crippen molar-refractivity contribution < 1.29 is 55.8 Å². The van der Waals surface area contributed by atoms with Crippen LogP contribution in [0.1, 0.15) is 6.92 Å². The van der Waals surface area contributed by atoms with Gasteiger partial charge in [-0.05, 0) is 67.6 Å². The Morgan fingerprint density at radius 2 is 1.17 bits per heavy atom. The van der Waals surface area contributed by atoms with Gasteiger partial charge in [0.1, 0.15) is 11.5 Å². The number of rotatable bonds is 12. The smallest absolute Gasteiger partial charge is 0.459 e. The molecule has 4 aromatic rings. The number of nitrogens with zero attached hydrogens (tertiary/aromatic N) is 1. The molecule has 4 aromatic carbocycles. The fourth-order valence-electron chi connectivity index (χ4n) is 3.39. The monoisotopic (exact) mass is 661 g/mol. The van der Waals surface area contributed by atoms with Crippen molar-refractivity contribution in [2.75, 3.05) is 19.4 Å². The van der Waals surface area contributed by atoms with Crippen molar-refractivity contribution in [2.24, 2.45) is 0 Å². The van der Waals surface area contributed by atoms with Crippen LogP contribution in [0.25, 0.3) is 0 Å². The number of para-hydroxylation sites is 4. The van der Waals surface area contributed by atoms with Gasteiger partial charge in [-0.3, -0.25) is 14.9 Å². The largest absolute Gasteiger partial charge is 0.502 e. The maximum absolute atomic E-state index is 13.7. The van der Waals surface area contributed by atoms with Crippen LogP contribution >= 0.6 is 0 Å². The molecule has 0 spiro atoms. The standard InChI is InChI=1S/C16H13F2NO6.C15H14F2N2O3/c1-2-23-15(20)16(17,18)25-14-6-4-3-5-13(14)24-12-9-7-11(8-10-12)19(21)22;1-19-14(20)15(16,17)22-13-5-3-2-4-12(13)21-11-8-6-10(18)7-9-11/h3-10H,2H2,1H3;2-9H,18H2,1H3,(H,19,20). The number of nitrogens with one attached hydrogen (secondary N) is 1. The van der Waals surface area contributed by atoms with Crippen LogP contribution in [0.5, 0.6) is 34.5 Å². The quantitative estimate of drug-likeness (QED) is 0.0549. The van der Waals surface area contributed by atoms with Crippen LogP contribution in [0.3, 0.4) is 0 Å². The number of non-ortho nitro benzene ring substituents is 1. The fraction of sp³-hybridized carbons (Fsp3) is 0.161. The molecule has 0 saturated carbocycles. The van der Waals surface area contributed by atoms with Crippen LogP contribution in [0, 0.1) is 10.1 Å². The van der Waals surface area contributed by atoms with Crippen molar-refractivity contribution >= 4 is 23.3 Å². The van der Waals surface area contributed by atoms with Gasteiger partial charge in [-0.25, -0.2) is 4.79 Å². The van der Waals surface area contributed by atoms with E-state index in [2.05, 4.69) is 14.2 Å². The third-order valence-electron chi connectivity index (χ3n) is 5.56. The number of esters is 1. The highest BCUT2D eigenvalue weighted by Gasteiger charge is 2.45. The number of hydrogen-bond donors (Lipinski definition) is 2. The van der Waals surface area contributed by atoms with Crippen LogP contribution in [0.2, 0.25) is 0 Å². The normalized spacial score (nSPS) is 10.9. The maximum Gasteiger partial charge on any atom is 0.502 e.